The van der Waals surface area contributed by atoms with Crippen LogP contribution in [0.25, 0.3) is 0 Å². The van der Waals surface area contributed by atoms with Crippen LogP contribution in [0.4, 0.5) is 0 Å². The molecule has 0 amide bonds. The summed E-state index contributed by atoms with van der Waals surface area (Å²) in [4.78, 5) is 4.21. The molecule has 1 aromatic carbocycles. The Morgan fingerprint density at radius 2 is 1.86 bits per heavy atom. The standard InChI is InChI=1S/C16H27N3O.HI/c1-4-6-12-18-16(17-3)19-13-11-14-9-7-8-10-15(14)20-5-2;/h7-10H,4-6,11-13H2,1-3H3,(H2,17,18,19);1H. The number of hydrogen-bond donors (Lipinski definition) is 2. The highest BCUT2D eigenvalue weighted by Gasteiger charge is 2.02. The summed E-state index contributed by atoms with van der Waals surface area (Å²) >= 11 is 0. The fraction of sp³-hybridized carbons (Fsp3) is 0.562. The van der Waals surface area contributed by atoms with Crippen LogP contribution >= 0.6 is 24.0 Å². The van der Waals surface area contributed by atoms with Crippen LogP contribution in [0.15, 0.2) is 29.3 Å². The van der Waals surface area contributed by atoms with E-state index >= 15 is 0 Å². The van der Waals surface area contributed by atoms with Gasteiger partial charge in [0.25, 0.3) is 0 Å². The maximum atomic E-state index is 5.63. The van der Waals surface area contributed by atoms with Gasteiger partial charge in [-0.05, 0) is 31.4 Å². The Kier molecular flexibility index (Phi) is 12.1. The van der Waals surface area contributed by atoms with Crippen molar-refractivity contribution in [3.63, 3.8) is 0 Å². The van der Waals surface area contributed by atoms with Crippen molar-refractivity contribution in [2.45, 2.75) is 33.1 Å². The molecule has 0 saturated heterocycles. The minimum atomic E-state index is 0. The van der Waals surface area contributed by atoms with Crippen LogP contribution < -0.4 is 15.4 Å². The lowest BCUT2D eigenvalue weighted by Gasteiger charge is -2.13. The average molecular weight is 405 g/mol. The first kappa shape index (κ1) is 20.0. The number of guanidine groups is 1. The Morgan fingerprint density at radius 3 is 2.52 bits per heavy atom. The van der Waals surface area contributed by atoms with Gasteiger partial charge in [0.2, 0.25) is 0 Å². The van der Waals surface area contributed by atoms with E-state index in [9.17, 15) is 0 Å². The van der Waals surface area contributed by atoms with E-state index in [4.69, 9.17) is 4.74 Å². The van der Waals surface area contributed by atoms with Gasteiger partial charge in [-0.15, -0.1) is 24.0 Å². The number of rotatable bonds is 8. The topological polar surface area (TPSA) is 45.7 Å². The van der Waals surface area contributed by atoms with Crippen LogP contribution in [0.3, 0.4) is 0 Å². The molecule has 0 saturated carbocycles. The predicted octanol–water partition coefficient (Wildman–Crippen LogP) is 3.21. The third-order valence-corrected chi connectivity index (χ3v) is 3.01. The van der Waals surface area contributed by atoms with E-state index in [1.165, 1.54) is 12.0 Å². The van der Waals surface area contributed by atoms with Gasteiger partial charge < -0.3 is 15.4 Å². The highest BCUT2D eigenvalue weighted by molar-refractivity contribution is 14.0. The maximum Gasteiger partial charge on any atom is 0.190 e. The van der Waals surface area contributed by atoms with E-state index in [2.05, 4.69) is 28.6 Å². The summed E-state index contributed by atoms with van der Waals surface area (Å²) in [5.74, 6) is 1.85. The molecule has 0 bridgehead atoms. The zero-order valence-electron chi connectivity index (χ0n) is 13.3. The Labute approximate surface area is 145 Å². The molecule has 5 heteroatoms. The summed E-state index contributed by atoms with van der Waals surface area (Å²) in [7, 11) is 1.80. The molecule has 0 radical (unpaired) electrons. The molecule has 1 aromatic rings. The number of aliphatic imine (C=N–C) groups is 1. The molecule has 0 aromatic heterocycles. The summed E-state index contributed by atoms with van der Waals surface area (Å²) in [6.07, 6.45) is 3.27. The molecular weight excluding hydrogens is 377 g/mol. The minimum Gasteiger partial charge on any atom is -0.494 e. The van der Waals surface area contributed by atoms with Crippen LogP contribution in [-0.2, 0) is 6.42 Å². The molecule has 0 atom stereocenters. The smallest absolute Gasteiger partial charge is 0.190 e. The second kappa shape index (κ2) is 12.7. The lowest BCUT2D eigenvalue weighted by Crippen LogP contribution is -2.38. The van der Waals surface area contributed by atoms with Crippen molar-refractivity contribution < 1.29 is 4.74 Å². The number of nitrogens with one attached hydrogen (secondary N) is 2. The minimum absolute atomic E-state index is 0. The molecule has 4 nitrogen and oxygen atoms in total. The quantitative estimate of drug-likeness (QED) is 0.302. The van der Waals surface area contributed by atoms with Gasteiger partial charge in [0.05, 0.1) is 6.61 Å². The third kappa shape index (κ3) is 8.14. The number of halogens is 1. The number of hydrogen-bond acceptors (Lipinski definition) is 2. The number of ether oxygens (including phenoxy) is 1. The van der Waals surface area contributed by atoms with Gasteiger partial charge in [0.1, 0.15) is 5.75 Å². The third-order valence-electron chi connectivity index (χ3n) is 3.01. The normalized spacial score (nSPS) is 10.7. The molecular formula is C16H28IN3O. The highest BCUT2D eigenvalue weighted by Crippen LogP contribution is 2.17. The predicted molar refractivity (Wildman–Crippen MR) is 101 cm³/mol. The van der Waals surface area contributed by atoms with E-state index < -0.39 is 0 Å². The second-order valence-electron chi connectivity index (χ2n) is 4.57. The van der Waals surface area contributed by atoms with Crippen molar-refractivity contribution in [3.05, 3.63) is 29.8 Å². The SMILES string of the molecule is CCCCNC(=NC)NCCc1ccccc1OCC.I. The van der Waals surface area contributed by atoms with Gasteiger partial charge in [-0.2, -0.15) is 0 Å². The summed E-state index contributed by atoms with van der Waals surface area (Å²) < 4.78 is 5.63. The van der Waals surface area contributed by atoms with Crippen molar-refractivity contribution in [3.8, 4) is 5.75 Å². The Hall–Kier alpha value is -0.980. The summed E-state index contributed by atoms with van der Waals surface area (Å²) in [5.41, 5.74) is 1.23. The van der Waals surface area contributed by atoms with Crippen molar-refractivity contribution in [2.24, 2.45) is 4.99 Å². The number of benzene rings is 1. The lowest BCUT2D eigenvalue weighted by molar-refractivity contribution is 0.336. The second-order valence-corrected chi connectivity index (χ2v) is 4.57. The largest absolute Gasteiger partial charge is 0.494 e. The number of unbranched alkanes of at least 4 members (excludes halogenated alkanes) is 1. The lowest BCUT2D eigenvalue weighted by atomic mass is 10.1. The Morgan fingerprint density at radius 1 is 1.14 bits per heavy atom. The van der Waals surface area contributed by atoms with Crippen molar-refractivity contribution in [2.75, 3.05) is 26.7 Å². The molecule has 1 rings (SSSR count). The van der Waals surface area contributed by atoms with Crippen LogP contribution in [0.1, 0.15) is 32.3 Å². The zero-order chi connectivity index (χ0) is 14.6. The van der Waals surface area contributed by atoms with Crippen molar-refractivity contribution in [1.29, 1.82) is 0 Å². The first-order valence-corrected chi connectivity index (χ1v) is 7.47. The van der Waals surface area contributed by atoms with E-state index in [0.717, 1.165) is 37.6 Å². The fourth-order valence-electron chi connectivity index (χ4n) is 1.93. The van der Waals surface area contributed by atoms with Gasteiger partial charge >= 0.3 is 0 Å². The first-order chi connectivity index (χ1) is 9.81. The molecule has 0 aliphatic carbocycles. The molecule has 0 heterocycles. The van der Waals surface area contributed by atoms with Gasteiger partial charge in [0, 0.05) is 20.1 Å². The summed E-state index contributed by atoms with van der Waals surface area (Å²) in [5, 5.41) is 6.63. The maximum absolute atomic E-state index is 5.63. The zero-order valence-corrected chi connectivity index (χ0v) is 15.6. The molecule has 0 spiro atoms. The van der Waals surface area contributed by atoms with Crippen LogP contribution in [-0.4, -0.2) is 32.7 Å². The van der Waals surface area contributed by atoms with E-state index in [1.807, 2.05) is 25.1 Å². The monoisotopic (exact) mass is 405 g/mol. The van der Waals surface area contributed by atoms with Crippen LogP contribution in [0.2, 0.25) is 0 Å². The Bertz CT molecular complexity index is 410. The molecule has 0 aliphatic rings. The van der Waals surface area contributed by atoms with Gasteiger partial charge in [-0.3, -0.25) is 4.99 Å². The molecule has 0 fully saturated rings. The Balaban J connectivity index is 0.00000400. The molecule has 120 valence electrons. The van der Waals surface area contributed by atoms with E-state index in [1.54, 1.807) is 7.05 Å². The molecule has 0 unspecified atom stereocenters. The van der Waals surface area contributed by atoms with Gasteiger partial charge in [0.15, 0.2) is 5.96 Å². The molecule has 0 aliphatic heterocycles. The summed E-state index contributed by atoms with van der Waals surface area (Å²) in [6, 6.07) is 8.19. The van der Waals surface area contributed by atoms with Crippen LogP contribution in [0, 0.1) is 0 Å². The van der Waals surface area contributed by atoms with Gasteiger partial charge in [-0.1, -0.05) is 31.5 Å². The number of nitrogens with zero attached hydrogens (tertiary/aromatic N) is 1. The summed E-state index contributed by atoms with van der Waals surface area (Å²) in [6.45, 7) is 6.70. The average Bonchev–Trinajstić information content (AvgIpc) is 2.48. The van der Waals surface area contributed by atoms with Gasteiger partial charge in [-0.25, -0.2) is 0 Å². The molecule has 21 heavy (non-hydrogen) atoms. The highest BCUT2D eigenvalue weighted by atomic mass is 127. The fourth-order valence-corrected chi connectivity index (χ4v) is 1.93. The molecule has 2 N–H and O–H groups in total. The van der Waals surface area contributed by atoms with Crippen molar-refractivity contribution >= 4 is 29.9 Å². The van der Waals surface area contributed by atoms with Crippen LogP contribution in [0.5, 0.6) is 5.75 Å². The van der Waals surface area contributed by atoms with E-state index in [0.29, 0.717) is 6.61 Å². The van der Waals surface area contributed by atoms with E-state index in [-0.39, 0.29) is 24.0 Å². The van der Waals surface area contributed by atoms with Crippen molar-refractivity contribution in [1.82, 2.24) is 10.6 Å². The number of para-hydroxylation sites is 1. The first-order valence-electron chi connectivity index (χ1n) is 7.47.